The monoisotopic (exact) mass is 263 g/mol. The molecule has 100 valence electrons. The summed E-state index contributed by atoms with van der Waals surface area (Å²) in [4.78, 5) is 11.2. The van der Waals surface area contributed by atoms with E-state index in [0.29, 0.717) is 5.57 Å². The largest absolute Gasteiger partial charge is 0.462 e. The fraction of sp³-hybridized carbons (Fsp3) is 0.727. The third-order valence-electron chi connectivity index (χ3n) is 2.49. The summed E-state index contributed by atoms with van der Waals surface area (Å²) in [5, 5.41) is 0. The van der Waals surface area contributed by atoms with E-state index in [-0.39, 0.29) is 12.6 Å². The summed E-state index contributed by atoms with van der Waals surface area (Å²) in [6.07, 6.45) is 1.10. The molecule has 0 aliphatic carbocycles. The molecule has 0 rings (SSSR count). The van der Waals surface area contributed by atoms with Crippen LogP contribution in [-0.2, 0) is 19.6 Å². The van der Waals surface area contributed by atoms with Crippen molar-refractivity contribution in [2.45, 2.75) is 33.7 Å². The molecule has 1 N–H and O–H groups in total. The van der Waals surface area contributed by atoms with E-state index >= 15 is 0 Å². The van der Waals surface area contributed by atoms with E-state index in [0.717, 1.165) is 6.26 Å². The highest BCUT2D eigenvalue weighted by Gasteiger charge is 2.29. The van der Waals surface area contributed by atoms with Crippen molar-refractivity contribution < 1.29 is 17.9 Å². The van der Waals surface area contributed by atoms with E-state index in [1.165, 1.54) is 0 Å². The van der Waals surface area contributed by atoms with Gasteiger partial charge in [-0.05, 0) is 13.8 Å². The van der Waals surface area contributed by atoms with E-state index in [4.69, 9.17) is 4.74 Å². The van der Waals surface area contributed by atoms with Gasteiger partial charge in [-0.2, -0.15) is 0 Å². The van der Waals surface area contributed by atoms with Crippen molar-refractivity contribution in [3.63, 3.8) is 0 Å². The third-order valence-corrected chi connectivity index (χ3v) is 3.27. The van der Waals surface area contributed by atoms with Gasteiger partial charge in [0.05, 0.1) is 12.9 Å². The minimum Gasteiger partial charge on any atom is -0.462 e. The summed E-state index contributed by atoms with van der Waals surface area (Å²) in [6, 6.07) is -0.338. The van der Waals surface area contributed by atoms with Gasteiger partial charge in [-0.25, -0.2) is 17.9 Å². The summed E-state index contributed by atoms with van der Waals surface area (Å²) >= 11 is 0. The Kier molecular flexibility index (Phi) is 5.35. The van der Waals surface area contributed by atoms with Crippen molar-refractivity contribution in [1.82, 2.24) is 4.72 Å². The molecule has 0 bridgehead atoms. The van der Waals surface area contributed by atoms with Crippen molar-refractivity contribution in [3.8, 4) is 0 Å². The number of sulfonamides is 1. The smallest absolute Gasteiger partial charge is 0.333 e. The lowest BCUT2D eigenvalue weighted by atomic mass is 9.87. The number of carbonyl (C=O) groups is 1. The second kappa shape index (κ2) is 5.64. The number of hydrogen-bond donors (Lipinski definition) is 1. The lowest BCUT2D eigenvalue weighted by Gasteiger charge is -2.31. The maximum absolute atomic E-state index is 11.2. The van der Waals surface area contributed by atoms with Gasteiger partial charge in [-0.3, -0.25) is 0 Å². The van der Waals surface area contributed by atoms with Crippen LogP contribution in [0.1, 0.15) is 27.7 Å². The van der Waals surface area contributed by atoms with Crippen LogP contribution in [0.15, 0.2) is 12.2 Å². The lowest BCUT2D eigenvalue weighted by molar-refractivity contribution is -0.142. The Hall–Kier alpha value is -0.880. The minimum absolute atomic E-state index is 0.127. The normalized spacial score (nSPS) is 14.2. The molecular weight excluding hydrogens is 242 g/mol. The number of rotatable bonds is 6. The first-order valence-electron chi connectivity index (χ1n) is 5.25. The van der Waals surface area contributed by atoms with Crippen molar-refractivity contribution in [2.75, 3.05) is 12.9 Å². The Balaban J connectivity index is 4.47. The van der Waals surface area contributed by atoms with Crippen LogP contribution in [-0.4, -0.2) is 33.3 Å². The molecule has 0 fully saturated rings. The van der Waals surface area contributed by atoms with E-state index in [1.807, 2.05) is 13.8 Å². The zero-order chi connectivity index (χ0) is 13.9. The van der Waals surface area contributed by atoms with Crippen LogP contribution in [0, 0.1) is 5.41 Å². The molecule has 0 aromatic heterocycles. The van der Waals surface area contributed by atoms with Gasteiger partial charge >= 0.3 is 5.97 Å². The van der Waals surface area contributed by atoms with Crippen molar-refractivity contribution in [2.24, 2.45) is 5.41 Å². The summed E-state index contributed by atoms with van der Waals surface area (Å²) in [6.45, 7) is 10.5. The van der Waals surface area contributed by atoms with Gasteiger partial charge in [0.2, 0.25) is 10.0 Å². The molecule has 0 aliphatic heterocycles. The van der Waals surface area contributed by atoms with Crippen molar-refractivity contribution in [1.29, 1.82) is 0 Å². The second-order valence-corrected chi connectivity index (χ2v) is 6.74. The van der Waals surface area contributed by atoms with Crippen LogP contribution >= 0.6 is 0 Å². The molecule has 1 unspecified atom stereocenters. The Bertz CT molecular complexity index is 398. The average molecular weight is 263 g/mol. The van der Waals surface area contributed by atoms with Gasteiger partial charge in [0.1, 0.15) is 0 Å². The Morgan fingerprint density at radius 2 is 1.94 bits per heavy atom. The average Bonchev–Trinajstić information content (AvgIpc) is 2.11. The Morgan fingerprint density at radius 3 is 2.29 bits per heavy atom. The van der Waals surface area contributed by atoms with Gasteiger partial charge in [-0.1, -0.05) is 20.4 Å². The molecule has 0 amide bonds. The van der Waals surface area contributed by atoms with Crippen LogP contribution in [0.4, 0.5) is 0 Å². The van der Waals surface area contributed by atoms with E-state index in [1.54, 1.807) is 13.8 Å². The SMILES string of the molecule is C=C(C)C(=O)OCC(C)(C)C(C)NS(C)(=O)=O. The number of hydrogen-bond acceptors (Lipinski definition) is 4. The lowest BCUT2D eigenvalue weighted by Crippen LogP contribution is -2.45. The van der Waals surface area contributed by atoms with Crippen LogP contribution in [0.5, 0.6) is 0 Å². The summed E-state index contributed by atoms with van der Waals surface area (Å²) < 4.78 is 29.7. The molecule has 0 aliphatic rings. The first-order valence-corrected chi connectivity index (χ1v) is 7.15. The molecule has 17 heavy (non-hydrogen) atoms. The Labute approximate surface area is 103 Å². The van der Waals surface area contributed by atoms with Gasteiger partial charge in [0, 0.05) is 17.0 Å². The molecule has 0 spiro atoms. The fourth-order valence-electron chi connectivity index (χ4n) is 0.980. The maximum Gasteiger partial charge on any atom is 0.333 e. The molecular formula is C11H21NO4S. The van der Waals surface area contributed by atoms with Crippen molar-refractivity contribution in [3.05, 3.63) is 12.2 Å². The van der Waals surface area contributed by atoms with Gasteiger partial charge in [0.15, 0.2) is 0 Å². The fourth-order valence-corrected chi connectivity index (χ4v) is 1.94. The van der Waals surface area contributed by atoms with Crippen LogP contribution in [0.2, 0.25) is 0 Å². The van der Waals surface area contributed by atoms with E-state index < -0.39 is 21.4 Å². The third kappa shape index (κ3) is 6.43. The first-order chi connectivity index (χ1) is 7.46. The van der Waals surface area contributed by atoms with Crippen LogP contribution in [0.25, 0.3) is 0 Å². The first kappa shape index (κ1) is 16.1. The standard InChI is InChI=1S/C11H21NO4S/c1-8(2)10(13)16-7-11(4,5)9(3)12-17(6,14)15/h9,12H,1,7H2,2-6H3. The van der Waals surface area contributed by atoms with Crippen molar-refractivity contribution >= 4 is 16.0 Å². The predicted octanol–water partition coefficient (Wildman–Crippen LogP) is 1.07. The van der Waals surface area contributed by atoms with E-state index in [2.05, 4.69) is 11.3 Å². The maximum atomic E-state index is 11.2. The molecule has 0 saturated carbocycles. The molecule has 0 radical (unpaired) electrons. The molecule has 0 saturated heterocycles. The quantitative estimate of drug-likeness (QED) is 0.574. The number of ether oxygens (including phenoxy) is 1. The van der Waals surface area contributed by atoms with Gasteiger partial charge in [0.25, 0.3) is 0 Å². The molecule has 5 nitrogen and oxygen atoms in total. The number of nitrogens with one attached hydrogen (secondary N) is 1. The molecule has 0 aromatic rings. The van der Waals surface area contributed by atoms with Gasteiger partial charge in [-0.15, -0.1) is 0 Å². The highest BCUT2D eigenvalue weighted by atomic mass is 32.2. The summed E-state index contributed by atoms with van der Waals surface area (Å²) in [5.41, 5.74) is -0.168. The Morgan fingerprint density at radius 1 is 1.47 bits per heavy atom. The van der Waals surface area contributed by atoms with E-state index in [9.17, 15) is 13.2 Å². The predicted molar refractivity (Wildman–Crippen MR) is 67.0 cm³/mol. The zero-order valence-electron chi connectivity index (χ0n) is 11.0. The highest BCUT2D eigenvalue weighted by Crippen LogP contribution is 2.21. The molecule has 6 heteroatoms. The molecule has 1 atom stereocenters. The van der Waals surface area contributed by atoms with Crippen LogP contribution in [0.3, 0.4) is 0 Å². The van der Waals surface area contributed by atoms with Gasteiger partial charge < -0.3 is 4.74 Å². The number of carbonyl (C=O) groups excluding carboxylic acids is 1. The number of esters is 1. The summed E-state index contributed by atoms with van der Waals surface area (Å²) in [5.74, 6) is -0.468. The highest BCUT2D eigenvalue weighted by molar-refractivity contribution is 7.88. The molecule has 0 heterocycles. The zero-order valence-corrected chi connectivity index (χ0v) is 11.8. The second-order valence-electron chi connectivity index (χ2n) is 4.96. The molecule has 0 aromatic carbocycles. The topological polar surface area (TPSA) is 72.5 Å². The minimum atomic E-state index is -3.27. The van der Waals surface area contributed by atoms with Crippen LogP contribution < -0.4 is 4.72 Å². The summed E-state index contributed by atoms with van der Waals surface area (Å²) in [7, 11) is -3.27.